The van der Waals surface area contributed by atoms with Crippen molar-refractivity contribution in [2.24, 2.45) is 5.10 Å². The fourth-order valence-electron chi connectivity index (χ4n) is 2.92. The van der Waals surface area contributed by atoms with Crippen LogP contribution in [0.5, 0.6) is 5.75 Å². The predicted molar refractivity (Wildman–Crippen MR) is 116 cm³/mol. The lowest BCUT2D eigenvalue weighted by molar-refractivity contribution is -0.123. The van der Waals surface area contributed by atoms with Gasteiger partial charge in [-0.3, -0.25) is 4.79 Å². The van der Waals surface area contributed by atoms with Gasteiger partial charge in [0.05, 0.1) is 6.21 Å². The number of ether oxygens (including phenoxy) is 1. The quantitative estimate of drug-likeness (QED) is 0.488. The Morgan fingerprint density at radius 1 is 1.07 bits per heavy atom. The van der Waals surface area contributed by atoms with Crippen LogP contribution in [0.25, 0.3) is 0 Å². The number of hydrogen-bond acceptors (Lipinski definition) is 4. The molecule has 5 heteroatoms. The van der Waals surface area contributed by atoms with Gasteiger partial charge in [0.1, 0.15) is 5.75 Å². The maximum Gasteiger partial charge on any atom is 0.277 e. The van der Waals surface area contributed by atoms with E-state index in [1.807, 2.05) is 44.2 Å². The summed E-state index contributed by atoms with van der Waals surface area (Å²) < 4.78 is 5.58. The zero-order valence-corrected chi connectivity index (χ0v) is 17.4. The molecule has 0 radical (unpaired) electrons. The van der Waals surface area contributed by atoms with Crippen LogP contribution in [0.4, 0.5) is 5.69 Å². The molecular formula is C23H31N3O2. The van der Waals surface area contributed by atoms with Crippen LogP contribution in [0.15, 0.2) is 47.6 Å². The molecule has 0 atom stereocenters. The first-order chi connectivity index (χ1) is 13.5. The molecule has 1 amide bonds. The first-order valence-electron chi connectivity index (χ1n) is 9.91. The van der Waals surface area contributed by atoms with Gasteiger partial charge in [-0.15, -0.1) is 0 Å². The largest absolute Gasteiger partial charge is 0.483 e. The number of carbonyl (C=O) groups excluding carboxylic acids is 1. The van der Waals surface area contributed by atoms with Crippen molar-refractivity contribution in [3.63, 3.8) is 0 Å². The lowest BCUT2D eigenvalue weighted by Crippen LogP contribution is -2.25. The third-order valence-electron chi connectivity index (χ3n) is 4.56. The highest BCUT2D eigenvalue weighted by Crippen LogP contribution is 2.20. The summed E-state index contributed by atoms with van der Waals surface area (Å²) in [6.07, 6.45) is 3.89. The highest BCUT2D eigenvalue weighted by atomic mass is 16.5. The van der Waals surface area contributed by atoms with Crippen molar-refractivity contribution in [3.05, 3.63) is 59.2 Å². The van der Waals surface area contributed by atoms with E-state index in [-0.39, 0.29) is 12.5 Å². The Balaban J connectivity index is 1.84. The van der Waals surface area contributed by atoms with Gasteiger partial charge in [-0.1, -0.05) is 38.1 Å². The van der Waals surface area contributed by atoms with E-state index in [0.29, 0.717) is 0 Å². The van der Waals surface area contributed by atoms with E-state index in [2.05, 4.69) is 41.4 Å². The number of benzene rings is 2. The lowest BCUT2D eigenvalue weighted by Gasteiger charge is -2.23. The number of rotatable bonds is 10. The molecule has 0 saturated heterocycles. The summed E-state index contributed by atoms with van der Waals surface area (Å²) in [5.41, 5.74) is 6.84. The molecule has 1 N–H and O–H groups in total. The minimum atomic E-state index is -0.286. The Kier molecular flexibility index (Phi) is 8.53. The lowest BCUT2D eigenvalue weighted by atomic mass is 10.1. The molecule has 0 fully saturated rings. The van der Waals surface area contributed by atoms with Crippen molar-refractivity contribution in [2.75, 3.05) is 24.6 Å². The number of anilines is 1. The second-order valence-electron chi connectivity index (χ2n) is 6.86. The molecule has 0 aromatic heterocycles. The summed E-state index contributed by atoms with van der Waals surface area (Å²) in [7, 11) is 0. The number of hydrazone groups is 1. The van der Waals surface area contributed by atoms with Gasteiger partial charge >= 0.3 is 0 Å². The molecule has 2 rings (SSSR count). The minimum absolute atomic E-state index is 0.0659. The summed E-state index contributed by atoms with van der Waals surface area (Å²) in [4.78, 5) is 14.3. The zero-order valence-electron chi connectivity index (χ0n) is 17.4. The Morgan fingerprint density at radius 3 is 2.39 bits per heavy atom. The second-order valence-corrected chi connectivity index (χ2v) is 6.86. The Hall–Kier alpha value is -2.82. The van der Waals surface area contributed by atoms with Crippen LogP contribution >= 0.6 is 0 Å². The van der Waals surface area contributed by atoms with Crippen molar-refractivity contribution >= 4 is 17.8 Å². The summed E-state index contributed by atoms with van der Waals surface area (Å²) >= 11 is 0. The van der Waals surface area contributed by atoms with Crippen LogP contribution in [-0.2, 0) is 4.79 Å². The van der Waals surface area contributed by atoms with E-state index in [1.165, 1.54) is 5.69 Å². The number of nitrogens with zero attached hydrogens (tertiary/aromatic N) is 2. The van der Waals surface area contributed by atoms with E-state index in [0.717, 1.165) is 48.4 Å². The molecule has 0 saturated carbocycles. The van der Waals surface area contributed by atoms with Crippen LogP contribution in [0, 0.1) is 13.8 Å². The van der Waals surface area contributed by atoms with Crippen molar-refractivity contribution in [3.8, 4) is 5.75 Å². The van der Waals surface area contributed by atoms with Crippen LogP contribution < -0.4 is 15.1 Å². The molecule has 0 unspecified atom stereocenters. The molecule has 2 aromatic rings. The van der Waals surface area contributed by atoms with Crippen LogP contribution in [0.3, 0.4) is 0 Å². The average molecular weight is 382 g/mol. The van der Waals surface area contributed by atoms with E-state index in [4.69, 9.17) is 4.74 Å². The SMILES string of the molecule is CCCN(CCC)c1ccc(/C=N\NC(=O)COc2cccc(C)c2C)cc1. The summed E-state index contributed by atoms with van der Waals surface area (Å²) in [6, 6.07) is 14.0. The molecule has 2 aromatic carbocycles. The number of hydrogen-bond donors (Lipinski definition) is 1. The van der Waals surface area contributed by atoms with Crippen LogP contribution in [0.2, 0.25) is 0 Å². The van der Waals surface area contributed by atoms with Gasteiger partial charge in [-0.05, 0) is 61.6 Å². The fourth-order valence-corrected chi connectivity index (χ4v) is 2.92. The third kappa shape index (κ3) is 6.41. The molecule has 0 heterocycles. The maximum atomic E-state index is 11.9. The number of carbonyl (C=O) groups is 1. The second kappa shape index (κ2) is 11.1. The van der Waals surface area contributed by atoms with E-state index >= 15 is 0 Å². The average Bonchev–Trinajstić information content (AvgIpc) is 2.69. The molecule has 0 aliphatic rings. The Labute approximate surface area is 168 Å². The van der Waals surface area contributed by atoms with Gasteiger partial charge in [0.15, 0.2) is 6.61 Å². The van der Waals surface area contributed by atoms with Crippen LogP contribution in [0.1, 0.15) is 43.4 Å². The summed E-state index contributed by atoms with van der Waals surface area (Å²) in [6.45, 7) is 10.4. The molecule has 28 heavy (non-hydrogen) atoms. The predicted octanol–water partition coefficient (Wildman–Crippen LogP) is 4.46. The molecule has 5 nitrogen and oxygen atoms in total. The molecule has 0 aliphatic carbocycles. The van der Waals surface area contributed by atoms with Crippen molar-refractivity contribution < 1.29 is 9.53 Å². The summed E-state index contributed by atoms with van der Waals surface area (Å²) in [5, 5.41) is 4.02. The van der Waals surface area contributed by atoms with Gasteiger partial charge in [-0.2, -0.15) is 5.10 Å². The number of aryl methyl sites for hydroxylation is 1. The normalized spacial score (nSPS) is 10.9. The zero-order chi connectivity index (χ0) is 20.4. The standard InChI is InChI=1S/C23H31N3O2/c1-5-14-26(15-6-2)21-12-10-20(11-13-21)16-24-25-23(27)17-28-22-9-7-8-18(3)19(22)4/h7-13,16H,5-6,14-15,17H2,1-4H3,(H,25,27)/b24-16-. The fraction of sp³-hybridized carbons (Fsp3) is 0.391. The highest BCUT2D eigenvalue weighted by molar-refractivity contribution is 5.83. The van der Waals surface area contributed by atoms with Crippen molar-refractivity contribution in [1.29, 1.82) is 0 Å². The Bertz CT molecular complexity index is 779. The first-order valence-corrected chi connectivity index (χ1v) is 9.91. The number of nitrogens with one attached hydrogen (secondary N) is 1. The molecule has 0 bridgehead atoms. The van der Waals surface area contributed by atoms with Crippen molar-refractivity contribution in [1.82, 2.24) is 5.43 Å². The highest BCUT2D eigenvalue weighted by Gasteiger charge is 2.06. The first kappa shape index (κ1) is 21.5. The van der Waals surface area contributed by atoms with E-state index < -0.39 is 0 Å². The van der Waals surface area contributed by atoms with Gasteiger partial charge in [0, 0.05) is 18.8 Å². The smallest absolute Gasteiger partial charge is 0.277 e. The molecule has 0 spiro atoms. The topological polar surface area (TPSA) is 53.9 Å². The van der Waals surface area contributed by atoms with Crippen LogP contribution in [-0.4, -0.2) is 31.8 Å². The minimum Gasteiger partial charge on any atom is -0.483 e. The van der Waals surface area contributed by atoms with E-state index in [9.17, 15) is 4.79 Å². The van der Waals surface area contributed by atoms with Crippen molar-refractivity contribution in [2.45, 2.75) is 40.5 Å². The number of amides is 1. The van der Waals surface area contributed by atoms with E-state index in [1.54, 1.807) is 6.21 Å². The van der Waals surface area contributed by atoms with Gasteiger partial charge in [0.25, 0.3) is 5.91 Å². The summed E-state index contributed by atoms with van der Waals surface area (Å²) in [5.74, 6) is 0.435. The van der Waals surface area contributed by atoms with Gasteiger partial charge in [-0.25, -0.2) is 5.43 Å². The maximum absolute atomic E-state index is 11.9. The molecule has 0 aliphatic heterocycles. The monoisotopic (exact) mass is 381 g/mol. The molecule has 150 valence electrons. The van der Waals surface area contributed by atoms with Gasteiger partial charge < -0.3 is 9.64 Å². The third-order valence-corrected chi connectivity index (χ3v) is 4.56. The molecular weight excluding hydrogens is 350 g/mol. The van der Waals surface area contributed by atoms with Gasteiger partial charge in [0.2, 0.25) is 0 Å². The Morgan fingerprint density at radius 2 is 1.75 bits per heavy atom.